The lowest BCUT2D eigenvalue weighted by Gasteiger charge is -2.18. The third-order valence-electron chi connectivity index (χ3n) is 4.57. The van der Waals surface area contributed by atoms with Crippen molar-refractivity contribution in [1.82, 2.24) is 4.98 Å². The molecule has 1 aromatic heterocycles. The number of para-hydroxylation sites is 1. The Labute approximate surface area is 180 Å². The molecule has 0 aliphatic heterocycles. The highest BCUT2D eigenvalue weighted by Crippen LogP contribution is 2.29. The summed E-state index contributed by atoms with van der Waals surface area (Å²) in [5.41, 5.74) is 2.07. The maximum atomic E-state index is 13.4. The second kappa shape index (κ2) is 8.23. The molecule has 0 bridgehead atoms. The van der Waals surface area contributed by atoms with Gasteiger partial charge in [0.15, 0.2) is 6.10 Å². The number of aromatic amines is 1. The highest BCUT2D eigenvalue weighted by atomic mass is 79.9. The number of esters is 1. The molecule has 0 fully saturated rings. The molecule has 4 rings (SSSR count). The van der Waals surface area contributed by atoms with Crippen molar-refractivity contribution in [3.05, 3.63) is 105 Å². The van der Waals surface area contributed by atoms with Crippen LogP contribution in [-0.4, -0.2) is 16.7 Å². The normalized spacial score (nSPS) is 11.9. The maximum Gasteiger partial charge on any atom is 0.340 e. The SMILES string of the molecule is O=C(O[C@@H](C(=O)c1c[nH]c2ccccc12)c1ccccc1)c1cc(Br)ccc1Cl. The molecule has 3 aromatic carbocycles. The monoisotopic (exact) mass is 467 g/mol. The van der Waals surface area contributed by atoms with Crippen molar-refractivity contribution < 1.29 is 14.3 Å². The Balaban J connectivity index is 1.73. The van der Waals surface area contributed by atoms with E-state index in [-0.39, 0.29) is 16.4 Å². The van der Waals surface area contributed by atoms with Crippen LogP contribution in [0.1, 0.15) is 32.4 Å². The largest absolute Gasteiger partial charge is 0.445 e. The van der Waals surface area contributed by atoms with Gasteiger partial charge in [0.05, 0.1) is 10.6 Å². The Kier molecular flexibility index (Phi) is 5.51. The van der Waals surface area contributed by atoms with E-state index in [0.717, 1.165) is 10.9 Å². The number of hydrogen-bond donors (Lipinski definition) is 1. The Morgan fingerprint density at radius 3 is 2.45 bits per heavy atom. The molecule has 29 heavy (non-hydrogen) atoms. The fourth-order valence-corrected chi connectivity index (χ4v) is 3.70. The van der Waals surface area contributed by atoms with Gasteiger partial charge in [0, 0.05) is 32.7 Å². The molecule has 0 radical (unpaired) electrons. The van der Waals surface area contributed by atoms with Crippen molar-refractivity contribution >= 4 is 50.2 Å². The summed E-state index contributed by atoms with van der Waals surface area (Å²) in [4.78, 5) is 29.3. The van der Waals surface area contributed by atoms with E-state index < -0.39 is 12.1 Å². The Morgan fingerprint density at radius 1 is 0.931 bits per heavy atom. The van der Waals surface area contributed by atoms with E-state index in [9.17, 15) is 9.59 Å². The summed E-state index contributed by atoms with van der Waals surface area (Å²) in [6, 6.07) is 21.3. The summed E-state index contributed by atoms with van der Waals surface area (Å²) < 4.78 is 6.37. The first-order chi connectivity index (χ1) is 14.0. The quantitative estimate of drug-likeness (QED) is 0.274. The van der Waals surface area contributed by atoms with E-state index in [2.05, 4.69) is 20.9 Å². The van der Waals surface area contributed by atoms with Gasteiger partial charge in [-0.1, -0.05) is 76.1 Å². The molecule has 4 aromatic rings. The predicted molar refractivity (Wildman–Crippen MR) is 116 cm³/mol. The fourth-order valence-electron chi connectivity index (χ4n) is 3.14. The molecule has 0 saturated heterocycles. The molecule has 4 nitrogen and oxygen atoms in total. The number of carbonyl (C=O) groups is 2. The fraction of sp³-hybridized carbons (Fsp3) is 0.0435. The number of ketones is 1. The van der Waals surface area contributed by atoms with Gasteiger partial charge in [0.1, 0.15) is 0 Å². The Morgan fingerprint density at radius 2 is 1.66 bits per heavy atom. The number of rotatable bonds is 5. The zero-order chi connectivity index (χ0) is 20.4. The lowest BCUT2D eigenvalue weighted by Crippen LogP contribution is -2.20. The van der Waals surface area contributed by atoms with E-state index in [1.807, 2.05) is 30.3 Å². The van der Waals surface area contributed by atoms with Crippen molar-refractivity contribution in [1.29, 1.82) is 0 Å². The van der Waals surface area contributed by atoms with Gasteiger partial charge in [-0.25, -0.2) is 4.79 Å². The van der Waals surface area contributed by atoms with Crippen molar-refractivity contribution in [2.45, 2.75) is 6.10 Å². The zero-order valence-corrected chi connectivity index (χ0v) is 17.4. The van der Waals surface area contributed by atoms with Crippen LogP contribution >= 0.6 is 27.5 Å². The number of H-pyrrole nitrogens is 1. The number of benzene rings is 3. The number of nitrogens with one attached hydrogen (secondary N) is 1. The molecule has 0 aliphatic carbocycles. The van der Waals surface area contributed by atoms with Crippen molar-refractivity contribution in [2.75, 3.05) is 0 Å². The number of hydrogen-bond acceptors (Lipinski definition) is 3. The molecular formula is C23H15BrClNO3. The molecule has 144 valence electrons. The van der Waals surface area contributed by atoms with Crippen LogP contribution in [-0.2, 0) is 4.74 Å². The summed E-state index contributed by atoms with van der Waals surface area (Å²) in [6.07, 6.45) is 0.543. The molecule has 0 saturated carbocycles. The lowest BCUT2D eigenvalue weighted by molar-refractivity contribution is 0.0280. The van der Waals surface area contributed by atoms with Crippen LogP contribution in [0.15, 0.2) is 83.5 Å². The highest BCUT2D eigenvalue weighted by Gasteiger charge is 2.29. The molecule has 1 N–H and O–H groups in total. The number of fused-ring (bicyclic) bond motifs is 1. The summed E-state index contributed by atoms with van der Waals surface area (Å²) in [5, 5.41) is 1.03. The maximum absolute atomic E-state index is 13.4. The van der Waals surface area contributed by atoms with Gasteiger partial charge < -0.3 is 9.72 Å². The first-order valence-corrected chi connectivity index (χ1v) is 10.0. The van der Waals surface area contributed by atoms with E-state index >= 15 is 0 Å². The number of aromatic nitrogens is 1. The van der Waals surface area contributed by atoms with Gasteiger partial charge in [-0.3, -0.25) is 4.79 Å². The number of ether oxygens (including phenoxy) is 1. The molecule has 1 atom stereocenters. The summed E-state index contributed by atoms with van der Waals surface area (Å²) in [6.45, 7) is 0. The summed E-state index contributed by atoms with van der Waals surface area (Å²) in [5.74, 6) is -0.980. The second-order valence-corrected chi connectivity index (χ2v) is 7.76. The Bertz CT molecular complexity index is 1200. The molecule has 0 spiro atoms. The first-order valence-electron chi connectivity index (χ1n) is 8.86. The van der Waals surface area contributed by atoms with E-state index in [0.29, 0.717) is 15.6 Å². The van der Waals surface area contributed by atoms with Crippen LogP contribution in [0.3, 0.4) is 0 Å². The van der Waals surface area contributed by atoms with E-state index in [1.54, 1.807) is 48.7 Å². The Hall–Kier alpha value is -2.89. The van der Waals surface area contributed by atoms with Gasteiger partial charge in [0.25, 0.3) is 0 Å². The molecule has 6 heteroatoms. The molecule has 0 amide bonds. The number of carbonyl (C=O) groups excluding carboxylic acids is 2. The first kappa shape index (κ1) is 19.4. The van der Waals surface area contributed by atoms with Gasteiger partial charge in [-0.15, -0.1) is 0 Å². The molecular weight excluding hydrogens is 454 g/mol. The highest BCUT2D eigenvalue weighted by molar-refractivity contribution is 9.10. The summed E-state index contributed by atoms with van der Waals surface area (Å²) in [7, 11) is 0. The van der Waals surface area contributed by atoms with Crippen LogP contribution in [0, 0.1) is 0 Å². The van der Waals surface area contributed by atoms with Crippen LogP contribution in [0.4, 0.5) is 0 Å². The average Bonchev–Trinajstić information content (AvgIpc) is 3.18. The minimum absolute atomic E-state index is 0.189. The summed E-state index contributed by atoms with van der Waals surface area (Å²) >= 11 is 9.49. The van der Waals surface area contributed by atoms with E-state index in [4.69, 9.17) is 16.3 Å². The van der Waals surface area contributed by atoms with Gasteiger partial charge in [-0.05, 0) is 24.3 Å². The van der Waals surface area contributed by atoms with Crippen LogP contribution in [0.5, 0.6) is 0 Å². The molecule has 1 heterocycles. The standard InChI is InChI=1S/C23H15BrClNO3/c24-15-10-11-19(25)17(12-15)23(28)29-22(14-6-2-1-3-7-14)21(27)18-13-26-20-9-5-4-8-16(18)20/h1-13,22,26H/t22-/m1/s1. The smallest absolute Gasteiger partial charge is 0.340 e. The minimum atomic E-state index is -1.10. The third-order valence-corrected chi connectivity index (χ3v) is 5.39. The molecule has 0 aliphatic rings. The lowest BCUT2D eigenvalue weighted by atomic mass is 9.99. The number of halogens is 2. The van der Waals surface area contributed by atoms with Gasteiger partial charge >= 0.3 is 5.97 Å². The zero-order valence-electron chi connectivity index (χ0n) is 15.1. The van der Waals surface area contributed by atoms with Crippen LogP contribution in [0.25, 0.3) is 10.9 Å². The third kappa shape index (κ3) is 3.97. The topological polar surface area (TPSA) is 59.2 Å². The second-order valence-electron chi connectivity index (χ2n) is 6.43. The van der Waals surface area contributed by atoms with Gasteiger partial charge in [0.2, 0.25) is 5.78 Å². The van der Waals surface area contributed by atoms with E-state index in [1.165, 1.54) is 0 Å². The van der Waals surface area contributed by atoms with Crippen molar-refractivity contribution in [3.8, 4) is 0 Å². The predicted octanol–water partition coefficient (Wildman–Crippen LogP) is 6.36. The average molecular weight is 469 g/mol. The number of Topliss-reactive ketones (excluding diaryl/α,β-unsaturated/α-hetero) is 1. The van der Waals surface area contributed by atoms with Crippen LogP contribution in [0.2, 0.25) is 5.02 Å². The minimum Gasteiger partial charge on any atom is -0.445 e. The van der Waals surface area contributed by atoms with Crippen molar-refractivity contribution in [3.63, 3.8) is 0 Å². The van der Waals surface area contributed by atoms with Crippen molar-refractivity contribution in [2.24, 2.45) is 0 Å². The van der Waals surface area contributed by atoms with Gasteiger partial charge in [-0.2, -0.15) is 0 Å². The molecule has 0 unspecified atom stereocenters. The van der Waals surface area contributed by atoms with Crippen LogP contribution < -0.4 is 0 Å².